The summed E-state index contributed by atoms with van der Waals surface area (Å²) < 4.78 is 7.51. The summed E-state index contributed by atoms with van der Waals surface area (Å²) in [5, 5.41) is 12.2. The highest BCUT2D eigenvalue weighted by Gasteiger charge is 2.29. The van der Waals surface area contributed by atoms with E-state index in [-0.39, 0.29) is 25.0 Å². The number of H-pyrrole nitrogens is 1. The molecule has 0 bridgehead atoms. The third kappa shape index (κ3) is 7.69. The first-order valence-electron chi connectivity index (χ1n) is 14.7. The fraction of sp³-hybridized carbons (Fsp3) is 0.222. The number of hydrogen-bond acceptors (Lipinski definition) is 5. The Kier molecular flexibility index (Phi) is 9.68. The van der Waals surface area contributed by atoms with Gasteiger partial charge in [0.25, 0.3) is 0 Å². The van der Waals surface area contributed by atoms with Gasteiger partial charge in [0, 0.05) is 30.5 Å². The quantitative estimate of drug-likeness (QED) is 0.155. The number of carbonyl (C=O) groups is 2. The SMILES string of the molecule is CC(C)CC(NC(=O)C(CC(=O)OCc1ccccc1)c1ccn(-c2ccc(-c3ccc(C#N)cc3)cc2)c1)c1ncc[nH]1. The van der Waals surface area contributed by atoms with Gasteiger partial charge in [-0.2, -0.15) is 5.26 Å². The Hall–Kier alpha value is -5.42. The minimum atomic E-state index is -0.762. The standard InChI is InChI=1S/C36H35N5O3/c1-25(2)20-33(35-38-17-18-39-35)40-36(43)32(21-34(42)44-24-27-6-4-3-5-7-27)30-16-19-41(23-30)31-14-12-29(13-15-31)28-10-8-26(22-37)9-11-28/h3-19,23,25,32-33H,20-21,24H2,1-2H3,(H,38,39)(H,40,43). The summed E-state index contributed by atoms with van der Waals surface area (Å²) in [6, 6.07) is 28.6. The molecule has 0 aliphatic heterocycles. The first-order chi connectivity index (χ1) is 21.4. The lowest BCUT2D eigenvalue weighted by Crippen LogP contribution is -2.35. The van der Waals surface area contributed by atoms with Crippen LogP contribution in [0.3, 0.4) is 0 Å². The third-order valence-electron chi connectivity index (χ3n) is 7.43. The fourth-order valence-electron chi connectivity index (χ4n) is 5.12. The number of nitrogens with zero attached hydrogens (tertiary/aromatic N) is 3. The second-order valence-electron chi connectivity index (χ2n) is 11.2. The van der Waals surface area contributed by atoms with E-state index in [0.29, 0.717) is 29.3 Å². The van der Waals surface area contributed by atoms with Crippen LogP contribution in [0.15, 0.2) is 110 Å². The molecular weight excluding hydrogens is 550 g/mol. The predicted octanol–water partition coefficient (Wildman–Crippen LogP) is 6.86. The van der Waals surface area contributed by atoms with Crippen LogP contribution < -0.4 is 5.32 Å². The number of rotatable bonds is 12. The number of aromatic amines is 1. The molecule has 44 heavy (non-hydrogen) atoms. The molecule has 2 N–H and O–H groups in total. The highest BCUT2D eigenvalue weighted by Crippen LogP contribution is 2.27. The van der Waals surface area contributed by atoms with E-state index in [4.69, 9.17) is 10.00 Å². The van der Waals surface area contributed by atoms with Crippen molar-refractivity contribution >= 4 is 11.9 Å². The lowest BCUT2D eigenvalue weighted by molar-refractivity contribution is -0.147. The van der Waals surface area contributed by atoms with Gasteiger partial charge in [0.1, 0.15) is 12.4 Å². The molecule has 0 fully saturated rings. The molecule has 0 spiro atoms. The first kappa shape index (κ1) is 30.1. The number of nitrogens with one attached hydrogen (secondary N) is 2. The van der Waals surface area contributed by atoms with Crippen molar-refractivity contribution in [2.24, 2.45) is 5.92 Å². The Balaban J connectivity index is 1.36. The topological polar surface area (TPSA) is 113 Å². The first-order valence-corrected chi connectivity index (χ1v) is 14.7. The minimum Gasteiger partial charge on any atom is -0.461 e. The van der Waals surface area contributed by atoms with E-state index < -0.39 is 11.9 Å². The Bertz CT molecular complexity index is 1700. The molecule has 2 atom stereocenters. The maximum atomic E-state index is 13.8. The smallest absolute Gasteiger partial charge is 0.307 e. The number of hydrogen-bond donors (Lipinski definition) is 2. The maximum Gasteiger partial charge on any atom is 0.307 e. The van der Waals surface area contributed by atoms with Crippen LogP contribution in [-0.2, 0) is 20.9 Å². The molecule has 3 aromatic carbocycles. The molecule has 0 radical (unpaired) electrons. The van der Waals surface area contributed by atoms with Crippen LogP contribution in [0, 0.1) is 17.2 Å². The molecule has 222 valence electrons. The van der Waals surface area contributed by atoms with Gasteiger partial charge < -0.3 is 19.6 Å². The van der Waals surface area contributed by atoms with Gasteiger partial charge in [-0.05, 0) is 64.9 Å². The number of esters is 1. The Labute approximate surface area is 257 Å². The minimum absolute atomic E-state index is 0.104. The molecule has 1 amide bonds. The molecular formula is C36H35N5O3. The molecule has 0 aliphatic rings. The predicted molar refractivity (Wildman–Crippen MR) is 168 cm³/mol. The molecule has 0 saturated heterocycles. The van der Waals surface area contributed by atoms with Gasteiger partial charge in [-0.3, -0.25) is 9.59 Å². The summed E-state index contributed by atoms with van der Waals surface area (Å²) in [6.07, 6.45) is 7.76. The van der Waals surface area contributed by atoms with E-state index in [2.05, 4.69) is 35.2 Å². The largest absolute Gasteiger partial charge is 0.461 e. The average Bonchev–Trinajstić information content (AvgIpc) is 3.76. The zero-order valence-electron chi connectivity index (χ0n) is 24.8. The van der Waals surface area contributed by atoms with Crippen molar-refractivity contribution < 1.29 is 14.3 Å². The molecule has 8 nitrogen and oxygen atoms in total. The number of aromatic nitrogens is 3. The van der Waals surface area contributed by atoms with Crippen molar-refractivity contribution in [2.45, 2.75) is 45.3 Å². The van der Waals surface area contributed by atoms with Gasteiger partial charge in [-0.25, -0.2) is 4.98 Å². The lowest BCUT2D eigenvalue weighted by Gasteiger charge is -2.22. The number of imidazole rings is 1. The fourth-order valence-corrected chi connectivity index (χ4v) is 5.12. The zero-order valence-corrected chi connectivity index (χ0v) is 24.8. The number of amides is 1. The van der Waals surface area contributed by atoms with Gasteiger partial charge in [0.05, 0.1) is 30.0 Å². The van der Waals surface area contributed by atoms with Crippen LogP contribution in [0.1, 0.15) is 61.2 Å². The van der Waals surface area contributed by atoms with Crippen molar-refractivity contribution in [3.8, 4) is 22.9 Å². The molecule has 8 heteroatoms. The third-order valence-corrected chi connectivity index (χ3v) is 7.43. The lowest BCUT2D eigenvalue weighted by atomic mass is 9.95. The van der Waals surface area contributed by atoms with Crippen LogP contribution in [0.4, 0.5) is 0 Å². The molecule has 2 aromatic heterocycles. The van der Waals surface area contributed by atoms with Crippen LogP contribution in [-0.4, -0.2) is 26.4 Å². The summed E-state index contributed by atoms with van der Waals surface area (Å²) in [4.78, 5) is 34.4. The molecule has 0 saturated carbocycles. The summed E-state index contributed by atoms with van der Waals surface area (Å²) in [5.41, 5.74) is 5.16. The Morgan fingerprint density at radius 2 is 1.68 bits per heavy atom. The number of ether oxygens (including phenoxy) is 1. The van der Waals surface area contributed by atoms with Gasteiger partial charge in [-0.1, -0.05) is 68.4 Å². The normalized spacial score (nSPS) is 12.3. The van der Waals surface area contributed by atoms with Crippen LogP contribution in [0.2, 0.25) is 0 Å². The van der Waals surface area contributed by atoms with Crippen molar-refractivity contribution in [3.63, 3.8) is 0 Å². The summed E-state index contributed by atoms with van der Waals surface area (Å²) in [6.45, 7) is 4.32. The van der Waals surface area contributed by atoms with E-state index in [1.54, 1.807) is 24.5 Å². The van der Waals surface area contributed by atoms with Gasteiger partial charge in [0.2, 0.25) is 5.91 Å². The van der Waals surface area contributed by atoms with E-state index in [0.717, 1.165) is 22.4 Å². The maximum absolute atomic E-state index is 13.8. The van der Waals surface area contributed by atoms with Crippen LogP contribution in [0.25, 0.3) is 16.8 Å². The highest BCUT2D eigenvalue weighted by molar-refractivity contribution is 5.88. The number of carbonyl (C=O) groups excluding carboxylic acids is 2. The zero-order chi connectivity index (χ0) is 30.9. The molecule has 2 heterocycles. The second kappa shape index (κ2) is 14.2. The molecule has 5 aromatic rings. The van der Waals surface area contributed by atoms with Crippen LogP contribution >= 0.6 is 0 Å². The summed E-state index contributed by atoms with van der Waals surface area (Å²) >= 11 is 0. The van der Waals surface area contributed by atoms with Gasteiger partial charge in [0.15, 0.2) is 0 Å². The van der Waals surface area contributed by atoms with E-state index in [1.165, 1.54) is 0 Å². The van der Waals surface area contributed by atoms with E-state index >= 15 is 0 Å². The van der Waals surface area contributed by atoms with Crippen molar-refractivity contribution in [1.82, 2.24) is 19.9 Å². The van der Waals surface area contributed by atoms with Crippen molar-refractivity contribution in [3.05, 3.63) is 132 Å². The summed E-state index contributed by atoms with van der Waals surface area (Å²) in [7, 11) is 0. The molecule has 2 unspecified atom stereocenters. The summed E-state index contributed by atoms with van der Waals surface area (Å²) in [5.74, 6) is -0.489. The number of nitriles is 1. The van der Waals surface area contributed by atoms with Crippen LogP contribution in [0.5, 0.6) is 0 Å². The number of benzene rings is 3. The Morgan fingerprint density at radius 3 is 2.32 bits per heavy atom. The second-order valence-corrected chi connectivity index (χ2v) is 11.2. The highest BCUT2D eigenvalue weighted by atomic mass is 16.5. The molecule has 5 rings (SSSR count). The van der Waals surface area contributed by atoms with Crippen molar-refractivity contribution in [2.75, 3.05) is 0 Å². The molecule has 0 aliphatic carbocycles. The van der Waals surface area contributed by atoms with E-state index in [1.807, 2.05) is 89.8 Å². The Morgan fingerprint density at radius 1 is 0.977 bits per heavy atom. The van der Waals surface area contributed by atoms with E-state index in [9.17, 15) is 9.59 Å². The monoisotopic (exact) mass is 585 g/mol. The van der Waals surface area contributed by atoms with Gasteiger partial charge in [-0.15, -0.1) is 0 Å². The average molecular weight is 586 g/mol. The van der Waals surface area contributed by atoms with Gasteiger partial charge >= 0.3 is 5.97 Å². The van der Waals surface area contributed by atoms with Crippen molar-refractivity contribution in [1.29, 1.82) is 5.26 Å².